The van der Waals surface area contributed by atoms with E-state index < -0.39 is 12.1 Å². The van der Waals surface area contributed by atoms with Gasteiger partial charge >= 0.3 is 12.1 Å². The van der Waals surface area contributed by atoms with Crippen LogP contribution in [0, 0.1) is 12.8 Å². The Hall–Kier alpha value is -3.73. The van der Waals surface area contributed by atoms with Crippen molar-refractivity contribution in [2.24, 2.45) is 5.92 Å². The number of alkyl halides is 3. The Morgan fingerprint density at radius 1 is 1.14 bits per heavy atom. The molecular formula is C24H26F3N5O3. The topological polar surface area (TPSA) is 100 Å². The molecule has 35 heavy (non-hydrogen) atoms. The van der Waals surface area contributed by atoms with Gasteiger partial charge in [-0.1, -0.05) is 35.5 Å². The highest BCUT2D eigenvalue weighted by Crippen LogP contribution is 2.22. The van der Waals surface area contributed by atoms with E-state index in [0.717, 1.165) is 41.4 Å². The first-order chi connectivity index (χ1) is 16.5. The van der Waals surface area contributed by atoms with E-state index >= 15 is 0 Å². The number of carboxylic acid groups (broad SMARTS) is 1. The summed E-state index contributed by atoms with van der Waals surface area (Å²) in [5.74, 6) is -2.12. The predicted octanol–water partition coefficient (Wildman–Crippen LogP) is 4.09. The summed E-state index contributed by atoms with van der Waals surface area (Å²) in [6.07, 6.45) is -2.00. The highest BCUT2D eigenvalue weighted by atomic mass is 19.4. The van der Waals surface area contributed by atoms with Crippen LogP contribution in [0.2, 0.25) is 0 Å². The normalized spacial score (nSPS) is 14.0. The minimum Gasteiger partial charge on any atom is -0.475 e. The zero-order valence-corrected chi connectivity index (χ0v) is 19.3. The van der Waals surface area contributed by atoms with Gasteiger partial charge in [-0.05, 0) is 50.1 Å². The fraction of sp³-hybridized carbons (Fsp3) is 0.333. The third-order valence-corrected chi connectivity index (χ3v) is 5.50. The molecule has 11 heteroatoms. The molecule has 1 aromatic heterocycles. The molecule has 0 bridgehead atoms. The summed E-state index contributed by atoms with van der Waals surface area (Å²) in [7, 11) is 2.15. The van der Waals surface area contributed by atoms with Crippen LogP contribution in [0.15, 0.2) is 54.7 Å². The molecule has 1 amide bonds. The minimum atomic E-state index is -5.08. The van der Waals surface area contributed by atoms with Crippen LogP contribution in [0.3, 0.4) is 0 Å². The van der Waals surface area contributed by atoms with Crippen LogP contribution < -0.4 is 5.32 Å². The molecule has 3 aromatic rings. The third-order valence-electron chi connectivity index (χ3n) is 5.50. The van der Waals surface area contributed by atoms with Gasteiger partial charge < -0.3 is 15.3 Å². The molecular weight excluding hydrogens is 463 g/mol. The van der Waals surface area contributed by atoms with E-state index in [4.69, 9.17) is 9.90 Å². The van der Waals surface area contributed by atoms with Crippen molar-refractivity contribution < 1.29 is 27.9 Å². The van der Waals surface area contributed by atoms with Crippen molar-refractivity contribution in [2.45, 2.75) is 26.1 Å². The molecule has 2 aromatic carbocycles. The Bertz CT molecular complexity index is 1160. The second-order valence-electron chi connectivity index (χ2n) is 8.40. The number of benzene rings is 2. The SMILES string of the molecule is Cc1ccc(-c2cn(CCC3CN(C)C3)nn2)cc1C(=O)Nc1ccccc1.O=C(O)C(F)(F)F. The summed E-state index contributed by atoms with van der Waals surface area (Å²) in [6, 6.07) is 15.3. The first kappa shape index (κ1) is 25.9. The Morgan fingerprint density at radius 3 is 2.40 bits per heavy atom. The van der Waals surface area contributed by atoms with E-state index in [1.807, 2.05) is 66.3 Å². The first-order valence-electron chi connectivity index (χ1n) is 10.9. The number of rotatable bonds is 6. The van der Waals surface area contributed by atoms with Gasteiger partial charge in [-0.25, -0.2) is 4.79 Å². The molecule has 1 aliphatic heterocycles. The predicted molar refractivity (Wildman–Crippen MR) is 124 cm³/mol. The summed E-state index contributed by atoms with van der Waals surface area (Å²) in [4.78, 5) is 23.9. The number of aliphatic carboxylic acids is 1. The monoisotopic (exact) mass is 489 g/mol. The summed E-state index contributed by atoms with van der Waals surface area (Å²) >= 11 is 0. The molecule has 0 saturated carbocycles. The maximum Gasteiger partial charge on any atom is 0.490 e. The zero-order valence-electron chi connectivity index (χ0n) is 19.3. The molecule has 4 rings (SSSR count). The molecule has 2 heterocycles. The van der Waals surface area contributed by atoms with Crippen LogP contribution in [0.1, 0.15) is 22.3 Å². The van der Waals surface area contributed by atoms with E-state index in [1.54, 1.807) is 0 Å². The summed E-state index contributed by atoms with van der Waals surface area (Å²) in [5, 5.41) is 18.6. The van der Waals surface area contributed by atoms with Gasteiger partial charge in [0.05, 0.1) is 6.20 Å². The molecule has 1 aliphatic rings. The number of hydrogen-bond donors (Lipinski definition) is 2. The van der Waals surface area contributed by atoms with Crippen LogP contribution in [-0.4, -0.2) is 63.2 Å². The van der Waals surface area contributed by atoms with Gasteiger partial charge in [0, 0.05) is 36.4 Å². The number of halogens is 3. The number of likely N-dealkylation sites (tertiary alicyclic amines) is 1. The third kappa shape index (κ3) is 7.38. The lowest BCUT2D eigenvalue weighted by Gasteiger charge is -2.36. The van der Waals surface area contributed by atoms with E-state index in [0.29, 0.717) is 5.56 Å². The van der Waals surface area contributed by atoms with Gasteiger partial charge in [0.2, 0.25) is 0 Å². The van der Waals surface area contributed by atoms with Crippen molar-refractivity contribution in [3.63, 3.8) is 0 Å². The number of aryl methyl sites for hydroxylation is 2. The number of anilines is 1. The largest absolute Gasteiger partial charge is 0.490 e. The number of hydrogen-bond acceptors (Lipinski definition) is 5. The van der Waals surface area contributed by atoms with E-state index in [1.165, 1.54) is 13.1 Å². The van der Waals surface area contributed by atoms with E-state index in [2.05, 4.69) is 27.6 Å². The van der Waals surface area contributed by atoms with Crippen molar-refractivity contribution in [1.29, 1.82) is 0 Å². The number of para-hydroxylation sites is 1. The average molecular weight is 489 g/mol. The minimum absolute atomic E-state index is 0.118. The first-order valence-corrected chi connectivity index (χ1v) is 10.9. The number of carbonyl (C=O) groups excluding carboxylic acids is 1. The van der Waals surface area contributed by atoms with Gasteiger partial charge in [0.15, 0.2) is 0 Å². The highest BCUT2D eigenvalue weighted by molar-refractivity contribution is 6.05. The molecule has 0 radical (unpaired) electrons. The maximum absolute atomic E-state index is 12.7. The molecule has 1 saturated heterocycles. The Balaban J connectivity index is 0.000000429. The van der Waals surface area contributed by atoms with E-state index in [-0.39, 0.29) is 5.91 Å². The van der Waals surface area contributed by atoms with Crippen LogP contribution in [0.4, 0.5) is 18.9 Å². The van der Waals surface area contributed by atoms with Gasteiger partial charge in [-0.3, -0.25) is 9.48 Å². The van der Waals surface area contributed by atoms with Crippen LogP contribution in [0.25, 0.3) is 11.3 Å². The van der Waals surface area contributed by atoms with E-state index in [9.17, 15) is 18.0 Å². The molecule has 1 fully saturated rings. The second-order valence-corrected chi connectivity index (χ2v) is 8.40. The maximum atomic E-state index is 12.7. The number of aromatic nitrogens is 3. The average Bonchev–Trinajstić information content (AvgIpc) is 3.25. The summed E-state index contributed by atoms with van der Waals surface area (Å²) in [5.41, 5.74) is 4.05. The Labute approximate surface area is 200 Å². The number of nitrogens with one attached hydrogen (secondary N) is 1. The molecule has 2 N–H and O–H groups in total. The Morgan fingerprint density at radius 2 is 1.80 bits per heavy atom. The Kier molecular flexibility index (Phi) is 8.23. The van der Waals surface area contributed by atoms with Crippen molar-refractivity contribution in [2.75, 3.05) is 25.5 Å². The molecule has 0 atom stereocenters. The zero-order chi connectivity index (χ0) is 25.6. The lowest BCUT2D eigenvalue weighted by Crippen LogP contribution is -2.43. The van der Waals surface area contributed by atoms with Gasteiger partial charge in [-0.2, -0.15) is 13.2 Å². The van der Waals surface area contributed by atoms with Gasteiger partial charge in [0.1, 0.15) is 5.69 Å². The number of amides is 1. The lowest BCUT2D eigenvalue weighted by atomic mass is 9.97. The van der Waals surface area contributed by atoms with Gasteiger partial charge in [-0.15, -0.1) is 5.10 Å². The molecule has 0 spiro atoms. The fourth-order valence-corrected chi connectivity index (χ4v) is 3.61. The molecule has 0 aliphatic carbocycles. The van der Waals surface area contributed by atoms with Crippen molar-refractivity contribution in [3.05, 3.63) is 65.9 Å². The quantitative estimate of drug-likeness (QED) is 0.541. The smallest absolute Gasteiger partial charge is 0.475 e. The van der Waals surface area contributed by atoms with Crippen molar-refractivity contribution in [1.82, 2.24) is 19.9 Å². The second kappa shape index (κ2) is 11.1. The number of nitrogens with zero attached hydrogens (tertiary/aromatic N) is 4. The lowest BCUT2D eigenvalue weighted by molar-refractivity contribution is -0.192. The standard InChI is InChI=1S/C22H25N5O.C2HF3O2/c1-16-8-9-18(12-20(16)22(28)23-19-6-4-3-5-7-19)21-15-27(25-24-21)11-10-17-13-26(2)14-17;3-2(4,5)1(6)7/h3-9,12,15,17H,10-11,13-14H2,1-2H3,(H,23,28);(H,6,7). The molecule has 8 nitrogen and oxygen atoms in total. The fourth-order valence-electron chi connectivity index (χ4n) is 3.61. The van der Waals surface area contributed by atoms with Gasteiger partial charge in [0.25, 0.3) is 5.91 Å². The van der Waals surface area contributed by atoms with Crippen LogP contribution in [0.5, 0.6) is 0 Å². The number of carbonyl (C=O) groups is 2. The summed E-state index contributed by atoms with van der Waals surface area (Å²) in [6.45, 7) is 5.15. The molecule has 186 valence electrons. The molecule has 0 unspecified atom stereocenters. The van der Waals surface area contributed by atoms with Crippen molar-refractivity contribution in [3.8, 4) is 11.3 Å². The van der Waals surface area contributed by atoms with Crippen molar-refractivity contribution >= 4 is 17.6 Å². The number of carboxylic acids is 1. The van der Waals surface area contributed by atoms with Crippen LogP contribution in [-0.2, 0) is 11.3 Å². The summed E-state index contributed by atoms with van der Waals surface area (Å²) < 4.78 is 33.6. The highest BCUT2D eigenvalue weighted by Gasteiger charge is 2.38. The van der Waals surface area contributed by atoms with Crippen LogP contribution >= 0.6 is 0 Å².